The van der Waals surface area contributed by atoms with Crippen LogP contribution < -0.4 is 5.32 Å². The van der Waals surface area contributed by atoms with Gasteiger partial charge in [0.1, 0.15) is 6.54 Å². The Morgan fingerprint density at radius 2 is 1.71 bits per heavy atom. The van der Waals surface area contributed by atoms with E-state index >= 15 is 0 Å². The van der Waals surface area contributed by atoms with Crippen molar-refractivity contribution in [2.75, 3.05) is 39.3 Å². The van der Waals surface area contributed by atoms with E-state index in [0.717, 1.165) is 70.8 Å². The third-order valence-electron chi connectivity index (χ3n) is 5.80. The van der Waals surface area contributed by atoms with Crippen molar-refractivity contribution < 1.29 is 9.90 Å². The van der Waals surface area contributed by atoms with Crippen molar-refractivity contribution >= 4 is 11.9 Å². The standard InChI is InChI=1S/C22H34N4O2/c1-2-23-22(26-14-10-20(27)11-15-26)24-17-21(28)25-12-8-19(9-13-25)16-18-6-4-3-5-7-18/h3-7,19-20,27H,2,8-17H2,1H3,(H,23,24). The molecule has 1 aromatic carbocycles. The van der Waals surface area contributed by atoms with Crippen LogP contribution in [0.3, 0.4) is 0 Å². The normalized spacial score (nSPS) is 19.7. The number of benzene rings is 1. The molecule has 2 aliphatic heterocycles. The van der Waals surface area contributed by atoms with Crippen LogP contribution in [0.1, 0.15) is 38.2 Å². The Labute approximate surface area is 168 Å². The Morgan fingerprint density at radius 1 is 1.07 bits per heavy atom. The fraction of sp³-hybridized carbons (Fsp3) is 0.636. The first kappa shape index (κ1) is 20.6. The molecule has 2 N–H and O–H groups in total. The monoisotopic (exact) mass is 386 g/mol. The van der Waals surface area contributed by atoms with Gasteiger partial charge in [-0.25, -0.2) is 4.99 Å². The average molecular weight is 387 g/mol. The lowest BCUT2D eigenvalue weighted by Crippen LogP contribution is -2.47. The molecule has 0 spiro atoms. The van der Waals surface area contributed by atoms with Crippen molar-refractivity contribution in [1.82, 2.24) is 15.1 Å². The van der Waals surface area contributed by atoms with E-state index in [4.69, 9.17) is 0 Å². The van der Waals surface area contributed by atoms with Crippen molar-refractivity contribution in [3.63, 3.8) is 0 Å². The molecule has 6 nitrogen and oxygen atoms in total. The Hall–Kier alpha value is -2.08. The maximum absolute atomic E-state index is 12.6. The molecule has 0 atom stereocenters. The number of likely N-dealkylation sites (tertiary alicyclic amines) is 2. The van der Waals surface area contributed by atoms with Crippen LogP contribution in [0.15, 0.2) is 35.3 Å². The molecular weight excluding hydrogens is 352 g/mol. The Bertz CT molecular complexity index is 633. The summed E-state index contributed by atoms with van der Waals surface area (Å²) in [6.45, 7) is 6.24. The summed E-state index contributed by atoms with van der Waals surface area (Å²) in [5, 5.41) is 13.0. The molecule has 0 unspecified atom stereocenters. The summed E-state index contributed by atoms with van der Waals surface area (Å²) < 4.78 is 0. The number of piperidine rings is 2. The third-order valence-corrected chi connectivity index (χ3v) is 5.80. The number of rotatable bonds is 5. The molecule has 2 heterocycles. The summed E-state index contributed by atoms with van der Waals surface area (Å²) in [5.41, 5.74) is 1.39. The number of guanidine groups is 1. The summed E-state index contributed by atoms with van der Waals surface area (Å²) in [4.78, 5) is 21.3. The molecule has 2 saturated heterocycles. The van der Waals surface area contributed by atoms with Gasteiger partial charge in [-0.1, -0.05) is 30.3 Å². The second-order valence-electron chi connectivity index (χ2n) is 7.90. The first-order valence-corrected chi connectivity index (χ1v) is 10.7. The fourth-order valence-electron chi connectivity index (χ4n) is 4.08. The Kier molecular flexibility index (Phi) is 7.71. The number of amides is 1. The number of aliphatic hydroxyl groups is 1. The molecule has 154 valence electrons. The van der Waals surface area contributed by atoms with Gasteiger partial charge < -0.3 is 20.2 Å². The molecule has 2 fully saturated rings. The number of nitrogens with zero attached hydrogens (tertiary/aromatic N) is 3. The average Bonchev–Trinajstić information content (AvgIpc) is 2.73. The molecule has 0 aliphatic carbocycles. The van der Waals surface area contributed by atoms with Crippen LogP contribution in [-0.2, 0) is 11.2 Å². The van der Waals surface area contributed by atoms with Gasteiger partial charge in [0.05, 0.1) is 6.10 Å². The summed E-state index contributed by atoms with van der Waals surface area (Å²) in [5.74, 6) is 1.57. The van der Waals surface area contributed by atoms with Gasteiger partial charge in [-0.05, 0) is 50.5 Å². The van der Waals surface area contributed by atoms with Crippen LogP contribution in [0.2, 0.25) is 0 Å². The van der Waals surface area contributed by atoms with E-state index in [1.165, 1.54) is 5.56 Å². The number of carbonyl (C=O) groups excluding carboxylic acids is 1. The molecule has 0 bridgehead atoms. The number of aliphatic hydroxyl groups excluding tert-OH is 1. The van der Waals surface area contributed by atoms with Gasteiger partial charge >= 0.3 is 0 Å². The van der Waals surface area contributed by atoms with Gasteiger partial charge in [0, 0.05) is 32.7 Å². The lowest BCUT2D eigenvalue weighted by atomic mass is 9.90. The SMILES string of the molecule is CCNC(=NCC(=O)N1CCC(Cc2ccccc2)CC1)N1CCC(O)CC1. The second kappa shape index (κ2) is 10.5. The lowest BCUT2D eigenvalue weighted by Gasteiger charge is -2.33. The molecule has 0 aromatic heterocycles. The zero-order chi connectivity index (χ0) is 19.8. The zero-order valence-corrected chi connectivity index (χ0v) is 17.0. The van der Waals surface area contributed by atoms with E-state index < -0.39 is 0 Å². The predicted molar refractivity (Wildman–Crippen MR) is 112 cm³/mol. The minimum Gasteiger partial charge on any atom is -0.393 e. The molecule has 2 aliphatic rings. The van der Waals surface area contributed by atoms with Gasteiger partial charge in [0.15, 0.2) is 5.96 Å². The minimum absolute atomic E-state index is 0.116. The molecule has 0 radical (unpaired) electrons. The van der Waals surface area contributed by atoms with Crippen LogP contribution >= 0.6 is 0 Å². The van der Waals surface area contributed by atoms with Gasteiger partial charge in [-0.15, -0.1) is 0 Å². The highest BCUT2D eigenvalue weighted by atomic mass is 16.3. The van der Waals surface area contributed by atoms with E-state index in [0.29, 0.717) is 5.92 Å². The molecular formula is C22H34N4O2. The van der Waals surface area contributed by atoms with Crippen LogP contribution in [0, 0.1) is 5.92 Å². The van der Waals surface area contributed by atoms with Crippen LogP contribution in [0.5, 0.6) is 0 Å². The van der Waals surface area contributed by atoms with Crippen LogP contribution in [0.25, 0.3) is 0 Å². The lowest BCUT2D eigenvalue weighted by molar-refractivity contribution is -0.131. The summed E-state index contributed by atoms with van der Waals surface area (Å²) in [6.07, 6.45) is 4.54. The minimum atomic E-state index is -0.210. The van der Waals surface area contributed by atoms with Crippen molar-refractivity contribution in [1.29, 1.82) is 0 Å². The van der Waals surface area contributed by atoms with E-state index in [-0.39, 0.29) is 18.6 Å². The Morgan fingerprint density at radius 3 is 2.36 bits per heavy atom. The number of carbonyl (C=O) groups is 1. The van der Waals surface area contributed by atoms with Crippen molar-refractivity contribution in [2.24, 2.45) is 10.9 Å². The van der Waals surface area contributed by atoms with E-state index in [1.54, 1.807) is 0 Å². The highest BCUT2D eigenvalue weighted by molar-refractivity contribution is 5.85. The van der Waals surface area contributed by atoms with Crippen molar-refractivity contribution in [3.8, 4) is 0 Å². The van der Waals surface area contributed by atoms with Gasteiger partial charge in [0.2, 0.25) is 5.91 Å². The predicted octanol–water partition coefficient (Wildman–Crippen LogP) is 1.89. The van der Waals surface area contributed by atoms with E-state index in [9.17, 15) is 9.90 Å². The number of hydrogen-bond acceptors (Lipinski definition) is 3. The van der Waals surface area contributed by atoms with Gasteiger partial charge in [0.25, 0.3) is 0 Å². The zero-order valence-electron chi connectivity index (χ0n) is 17.0. The van der Waals surface area contributed by atoms with Crippen molar-refractivity contribution in [2.45, 2.75) is 45.1 Å². The topological polar surface area (TPSA) is 68.2 Å². The Balaban J connectivity index is 1.46. The summed E-state index contributed by atoms with van der Waals surface area (Å²) >= 11 is 0. The molecule has 1 amide bonds. The van der Waals surface area contributed by atoms with Gasteiger partial charge in [-0.3, -0.25) is 4.79 Å². The smallest absolute Gasteiger partial charge is 0.244 e. The van der Waals surface area contributed by atoms with Crippen LogP contribution in [0.4, 0.5) is 0 Å². The van der Waals surface area contributed by atoms with Crippen molar-refractivity contribution in [3.05, 3.63) is 35.9 Å². The fourth-order valence-corrected chi connectivity index (χ4v) is 4.08. The van der Waals surface area contributed by atoms with Gasteiger partial charge in [-0.2, -0.15) is 0 Å². The quantitative estimate of drug-likeness (QED) is 0.599. The number of nitrogens with one attached hydrogen (secondary N) is 1. The van der Waals surface area contributed by atoms with Crippen LogP contribution in [-0.4, -0.2) is 72.1 Å². The highest BCUT2D eigenvalue weighted by Gasteiger charge is 2.24. The van der Waals surface area contributed by atoms with E-state index in [2.05, 4.69) is 45.5 Å². The molecule has 28 heavy (non-hydrogen) atoms. The number of aliphatic imine (C=N–C) groups is 1. The number of hydrogen-bond donors (Lipinski definition) is 2. The highest BCUT2D eigenvalue weighted by Crippen LogP contribution is 2.21. The summed E-state index contributed by atoms with van der Waals surface area (Å²) in [7, 11) is 0. The summed E-state index contributed by atoms with van der Waals surface area (Å²) in [6, 6.07) is 10.6. The first-order valence-electron chi connectivity index (χ1n) is 10.7. The molecule has 6 heteroatoms. The first-order chi connectivity index (χ1) is 13.7. The van der Waals surface area contributed by atoms with E-state index in [1.807, 2.05) is 11.8 Å². The second-order valence-corrected chi connectivity index (χ2v) is 7.90. The molecule has 0 saturated carbocycles. The maximum Gasteiger partial charge on any atom is 0.244 e. The molecule has 1 aromatic rings. The maximum atomic E-state index is 12.6. The largest absolute Gasteiger partial charge is 0.393 e. The molecule has 3 rings (SSSR count). The third kappa shape index (κ3) is 5.96.